The van der Waals surface area contributed by atoms with E-state index in [9.17, 15) is 0 Å². The molecule has 0 aromatic heterocycles. The lowest BCUT2D eigenvalue weighted by molar-refractivity contribution is -1.92. The summed E-state index contributed by atoms with van der Waals surface area (Å²) in [6.45, 7) is 0. The van der Waals surface area contributed by atoms with E-state index in [4.69, 9.17) is 18.4 Å². The zero-order valence-electron chi connectivity index (χ0n) is 2.88. The maximum Gasteiger partial charge on any atom is 0.368 e. The molecule has 0 spiro atoms. The van der Waals surface area contributed by atoms with Crippen LogP contribution < -0.4 is 30.4 Å². The summed E-state index contributed by atoms with van der Waals surface area (Å²) in [5.74, 6) is 0. The van der Waals surface area contributed by atoms with E-state index in [-0.39, 0.29) is 0 Å². The quantitative estimate of drug-likeness (QED) is 0.412. The molecule has 0 saturated carbocycles. The molecule has 0 aromatic carbocycles. The van der Waals surface area contributed by atoms with Gasteiger partial charge in [-0.1, -0.05) is 0 Å². The molecular weight excluding hydrogens is 242 g/mol. The molecule has 7 heavy (non-hydrogen) atoms. The molecule has 0 aliphatic carbocycles. The van der Waals surface area contributed by atoms with Crippen molar-refractivity contribution in [2.75, 3.05) is 0 Å². The molecule has 0 aliphatic rings. The molecule has 0 saturated heterocycles. The highest BCUT2D eigenvalue weighted by atomic mass is 127. The average Bonchev–Trinajstić information content (AvgIpc) is 1.36. The van der Waals surface area contributed by atoms with E-state index in [0.717, 1.165) is 0 Å². The van der Waals surface area contributed by atoms with Crippen LogP contribution in [0.2, 0.25) is 0 Å². The van der Waals surface area contributed by atoms with Crippen molar-refractivity contribution in [1.82, 2.24) is 0 Å². The summed E-state index contributed by atoms with van der Waals surface area (Å²) in [5, 5.41) is 0. The van der Waals surface area contributed by atoms with E-state index in [1.807, 2.05) is 0 Å². The zero-order chi connectivity index (χ0) is 6.50. The molecule has 5 nitrogen and oxygen atoms in total. The molecule has 0 aromatic rings. The largest absolute Gasteiger partial charge is 0.368 e. The van der Waals surface area contributed by atoms with Gasteiger partial charge in [0.25, 0.3) is 0 Å². The second kappa shape index (κ2) is 4.97. The fourth-order valence-electron chi connectivity index (χ4n) is 0. The minimum absolute atomic E-state index is 3.64. The molecule has 0 unspecified atom stereocenters. The van der Waals surface area contributed by atoms with Crippen molar-refractivity contribution in [3.05, 3.63) is 0 Å². The molecule has 0 aliphatic heterocycles. The monoisotopic (exact) mass is 244 g/mol. The SMILES string of the molecule is OCl.[O-][I+3]([O-])([O-])O. The van der Waals surface area contributed by atoms with Crippen LogP contribution in [0, 0.1) is 0 Å². The third-order valence-corrected chi connectivity index (χ3v) is 0. The Balaban J connectivity index is 0. The average molecular weight is 244 g/mol. The smallest absolute Gasteiger partial charge is 0.295 e. The standard InChI is InChI=1S/ClHO.HIO4/c1-2;2-1(3,4)5/h2H;2H. The van der Waals surface area contributed by atoms with Crippen LogP contribution in [0.1, 0.15) is 0 Å². The first-order chi connectivity index (χ1) is 3.00. The summed E-state index contributed by atoms with van der Waals surface area (Å²) in [7, 11) is 0. The highest BCUT2D eigenvalue weighted by Gasteiger charge is 2.11. The van der Waals surface area contributed by atoms with Crippen LogP contribution in [0.15, 0.2) is 0 Å². The van der Waals surface area contributed by atoms with Gasteiger partial charge < -0.3 is 0 Å². The summed E-state index contributed by atoms with van der Waals surface area (Å²) < 4.78 is 39.7. The van der Waals surface area contributed by atoms with Crippen LogP contribution in [-0.4, -0.2) is 8.09 Å². The summed E-state index contributed by atoms with van der Waals surface area (Å²) in [4.78, 5) is 0. The first-order valence-electron chi connectivity index (χ1n) is 0.801. The molecule has 46 valence electrons. The van der Waals surface area contributed by atoms with Gasteiger partial charge in [-0.05, 0) is 0 Å². The third kappa shape index (κ3) is 236. The van der Waals surface area contributed by atoms with Gasteiger partial charge in [-0.2, -0.15) is 0 Å². The van der Waals surface area contributed by atoms with E-state index in [0.29, 0.717) is 0 Å². The molecule has 0 heterocycles. The van der Waals surface area contributed by atoms with Crippen molar-refractivity contribution in [3.8, 4) is 0 Å². The topological polar surface area (TPSA) is 110 Å². The Morgan fingerprint density at radius 2 is 1.14 bits per heavy atom. The zero-order valence-corrected chi connectivity index (χ0v) is 5.79. The van der Waals surface area contributed by atoms with Gasteiger partial charge in [0.1, 0.15) is 0 Å². The van der Waals surface area contributed by atoms with Gasteiger partial charge in [0.2, 0.25) is 0 Å². The molecule has 7 heteroatoms. The van der Waals surface area contributed by atoms with Gasteiger partial charge in [0, 0.05) is 3.44 Å². The summed E-state index contributed by atoms with van der Waals surface area (Å²) in [6.07, 6.45) is 0. The summed E-state index contributed by atoms with van der Waals surface area (Å²) in [5.41, 5.74) is 0. The molecule has 0 rings (SSSR count). The molecule has 0 amide bonds. The van der Waals surface area contributed by atoms with E-state index in [1.165, 1.54) is 0 Å². The van der Waals surface area contributed by atoms with Crippen molar-refractivity contribution in [3.63, 3.8) is 0 Å². The highest BCUT2D eigenvalue weighted by Crippen LogP contribution is 1.31. The molecule has 2 N–H and O–H groups in total. The van der Waals surface area contributed by atoms with E-state index < -0.39 is 20.1 Å². The lowest BCUT2D eigenvalue weighted by atomic mass is 15.9. The summed E-state index contributed by atoms with van der Waals surface area (Å²) >= 11 is -2.05. The van der Waals surface area contributed by atoms with Gasteiger partial charge in [-0.15, -0.1) is 0 Å². The second-order valence-electron chi connectivity index (χ2n) is 0.396. The van der Waals surface area contributed by atoms with Gasteiger partial charge in [0.15, 0.2) is 0 Å². The minimum Gasteiger partial charge on any atom is -0.295 e. The first-order valence-corrected chi connectivity index (χ1v) is 4.75. The first kappa shape index (κ1) is 10.7. The van der Waals surface area contributed by atoms with Crippen LogP contribution in [0.5, 0.6) is 0 Å². The van der Waals surface area contributed by atoms with Crippen LogP contribution in [0.25, 0.3) is 0 Å². The van der Waals surface area contributed by atoms with Crippen LogP contribution in [0.3, 0.4) is 0 Å². The lowest BCUT2D eigenvalue weighted by Gasteiger charge is -1.93. The summed E-state index contributed by atoms with van der Waals surface area (Å²) in [6, 6.07) is 0. The molecule has 0 bridgehead atoms. The predicted molar refractivity (Wildman–Crippen MR) is 10.3 cm³/mol. The Morgan fingerprint density at radius 3 is 1.14 bits per heavy atom. The van der Waals surface area contributed by atoms with Crippen LogP contribution in [-0.2, 0) is 0 Å². The van der Waals surface area contributed by atoms with Crippen molar-refractivity contribution < 1.29 is 38.5 Å². The van der Waals surface area contributed by atoms with Crippen LogP contribution >= 0.6 is 11.9 Å². The van der Waals surface area contributed by atoms with Gasteiger partial charge in [-0.25, -0.2) is 0 Å². The maximum absolute atomic E-state index is 8.73. The number of rotatable bonds is 0. The van der Waals surface area contributed by atoms with Crippen molar-refractivity contribution in [2.45, 2.75) is 0 Å². The Kier molecular flexibility index (Phi) is 7.62. The maximum atomic E-state index is 8.73. The van der Waals surface area contributed by atoms with Gasteiger partial charge in [-0.3, -0.25) is 15.0 Å². The fraction of sp³-hybridized carbons (Fsp3) is 0. The predicted octanol–water partition coefficient (Wildman–Crippen LogP) is -6.99. The van der Waals surface area contributed by atoms with Crippen molar-refractivity contribution in [1.29, 1.82) is 0 Å². The normalized spacial score (nSPS) is 9.43. The van der Waals surface area contributed by atoms with Crippen LogP contribution in [0.4, 0.5) is 0 Å². The third-order valence-electron chi connectivity index (χ3n) is 0. The highest BCUT2D eigenvalue weighted by molar-refractivity contribution is 6.04. The number of hydrogen-bond acceptors (Lipinski definition) is 5. The minimum atomic E-state index is -5.69. The van der Waals surface area contributed by atoms with Crippen molar-refractivity contribution >= 4 is 11.9 Å². The van der Waals surface area contributed by atoms with Crippen molar-refractivity contribution in [2.24, 2.45) is 0 Å². The fourth-order valence-corrected chi connectivity index (χ4v) is 0. The Hall–Kier alpha value is 0.820. The van der Waals surface area contributed by atoms with E-state index >= 15 is 0 Å². The van der Waals surface area contributed by atoms with Gasteiger partial charge in [0.05, 0.1) is 11.9 Å². The molecule has 0 fully saturated rings. The molecule has 0 radical (unpaired) electrons. The van der Waals surface area contributed by atoms with E-state index in [1.54, 1.807) is 0 Å². The van der Waals surface area contributed by atoms with Gasteiger partial charge >= 0.3 is 20.1 Å². The number of halogens is 2. The lowest BCUT2D eigenvalue weighted by Crippen LogP contribution is -4.23. The van der Waals surface area contributed by atoms with E-state index in [2.05, 4.69) is 11.9 Å². The molecular formula is H2ClIO5. The Labute approximate surface area is 50.7 Å². The second-order valence-corrected chi connectivity index (χ2v) is 2.66. The Morgan fingerprint density at radius 1 is 1.14 bits per heavy atom. The Bertz CT molecular complexity index is 23.6. The number of hydrogen-bond donors (Lipinski definition) is 2. The molecule has 0 atom stereocenters.